The lowest BCUT2D eigenvalue weighted by molar-refractivity contribution is 0.0602. The summed E-state index contributed by atoms with van der Waals surface area (Å²) < 4.78 is 36.4. The summed E-state index contributed by atoms with van der Waals surface area (Å²) in [6, 6.07) is 11.0. The van der Waals surface area contributed by atoms with Crippen molar-refractivity contribution in [1.82, 2.24) is 15.5 Å². The van der Waals surface area contributed by atoms with Crippen LogP contribution in [0, 0.1) is 0 Å². The molecule has 1 amide bonds. The van der Waals surface area contributed by atoms with E-state index in [1.165, 1.54) is 25.2 Å². The fourth-order valence-electron chi connectivity index (χ4n) is 3.69. The molecule has 0 bridgehead atoms. The zero-order chi connectivity index (χ0) is 26.5. The van der Waals surface area contributed by atoms with Gasteiger partial charge in [0.05, 0.1) is 26.1 Å². The van der Waals surface area contributed by atoms with E-state index in [0.29, 0.717) is 20.7 Å². The van der Waals surface area contributed by atoms with E-state index in [2.05, 4.69) is 20.5 Å². The van der Waals surface area contributed by atoms with Crippen molar-refractivity contribution in [2.75, 3.05) is 5.75 Å². The van der Waals surface area contributed by atoms with Gasteiger partial charge in [-0.3, -0.25) is 0 Å². The molecule has 2 aromatic heterocycles. The Morgan fingerprint density at radius 1 is 1.17 bits per heavy atom. The van der Waals surface area contributed by atoms with Crippen molar-refractivity contribution in [2.45, 2.75) is 57.4 Å². The summed E-state index contributed by atoms with van der Waals surface area (Å²) in [5, 5.41) is 11.8. The van der Waals surface area contributed by atoms with Crippen LogP contribution in [0.15, 0.2) is 45.8 Å². The summed E-state index contributed by atoms with van der Waals surface area (Å²) in [5.41, 5.74) is -1.18. The number of rotatable bonds is 3. The molecule has 9 nitrogen and oxygen atoms in total. The predicted octanol–water partition coefficient (Wildman–Crippen LogP) is 5.46. The average molecular weight is 551 g/mol. The van der Waals surface area contributed by atoms with E-state index in [-0.39, 0.29) is 17.5 Å². The number of benzene rings is 1. The molecule has 36 heavy (non-hydrogen) atoms. The van der Waals surface area contributed by atoms with Gasteiger partial charge in [0.1, 0.15) is 16.2 Å². The molecule has 1 aliphatic rings. The number of halogens is 1. The van der Waals surface area contributed by atoms with Crippen LogP contribution in [0.25, 0.3) is 22.2 Å². The summed E-state index contributed by atoms with van der Waals surface area (Å²) in [6.07, 6.45) is -0.880. The fraction of sp³-hybridized carbons (Fsp3) is 0.417. The molecule has 0 aliphatic carbocycles. The van der Waals surface area contributed by atoms with Crippen molar-refractivity contribution in [2.24, 2.45) is 4.99 Å². The standard InChI is InChI=1S/C24H27ClN4O5S2/c1-22(2,3)34-21(30)26-20-23(4,5)36(31,32)13-24(6,27-20)17-15(25)12-16(35-17)19-29-28-18(33-19)14-10-8-7-9-11-14/h7-12H,13H2,1-6H3,(H,26,27,30)/t24-/m0/s1. The summed E-state index contributed by atoms with van der Waals surface area (Å²) in [7, 11) is -3.76. The lowest BCUT2D eigenvalue weighted by Crippen LogP contribution is -2.64. The molecule has 1 aliphatic heterocycles. The third kappa shape index (κ3) is 5.05. The number of nitrogens with one attached hydrogen (secondary N) is 1. The number of aromatic nitrogens is 2. The zero-order valence-corrected chi connectivity index (χ0v) is 23.1. The van der Waals surface area contributed by atoms with Crippen molar-refractivity contribution in [3.05, 3.63) is 46.3 Å². The Labute approximate surface area is 218 Å². The quantitative estimate of drug-likeness (QED) is 0.455. The first kappa shape index (κ1) is 26.3. The Morgan fingerprint density at radius 3 is 2.44 bits per heavy atom. The Balaban J connectivity index is 1.71. The van der Waals surface area contributed by atoms with Gasteiger partial charge in [-0.25, -0.2) is 13.2 Å². The molecule has 1 atom stereocenters. The number of thiophene rings is 1. The Kier molecular flexibility index (Phi) is 6.55. The van der Waals surface area contributed by atoms with Gasteiger partial charge in [-0.05, 0) is 59.7 Å². The minimum atomic E-state index is -3.76. The van der Waals surface area contributed by atoms with Crippen LogP contribution in [0.1, 0.15) is 46.4 Å². The summed E-state index contributed by atoms with van der Waals surface area (Å²) in [6.45, 7) is 9.83. The number of hydrogen-bond acceptors (Lipinski definition) is 8. The third-order valence-electron chi connectivity index (χ3n) is 5.66. The second kappa shape index (κ2) is 8.97. The normalized spacial score (nSPS) is 22.2. The van der Waals surface area contributed by atoms with Crippen LogP contribution in [-0.4, -0.2) is 46.6 Å². The first-order valence-corrected chi connectivity index (χ1v) is 14.0. The average Bonchev–Trinajstić information content (AvgIpc) is 3.38. The predicted molar refractivity (Wildman–Crippen MR) is 140 cm³/mol. The molecular formula is C24H27ClN4O5S2. The molecule has 1 saturated heterocycles. The molecule has 3 aromatic rings. The van der Waals surface area contributed by atoms with E-state index in [1.807, 2.05) is 30.3 Å². The van der Waals surface area contributed by atoms with E-state index in [1.54, 1.807) is 33.8 Å². The highest BCUT2D eigenvalue weighted by molar-refractivity contribution is 7.93. The van der Waals surface area contributed by atoms with Crippen molar-refractivity contribution >= 4 is 44.7 Å². The van der Waals surface area contributed by atoms with E-state index in [4.69, 9.17) is 20.8 Å². The lowest BCUT2D eigenvalue weighted by atomic mass is 10.00. The molecule has 0 radical (unpaired) electrons. The van der Waals surface area contributed by atoms with Gasteiger partial charge >= 0.3 is 6.09 Å². The van der Waals surface area contributed by atoms with E-state index in [9.17, 15) is 13.2 Å². The summed E-state index contributed by atoms with van der Waals surface area (Å²) in [5.74, 6) is 0.340. The summed E-state index contributed by atoms with van der Waals surface area (Å²) in [4.78, 5) is 17.6. The van der Waals surface area contributed by atoms with Gasteiger partial charge in [0, 0.05) is 5.56 Å². The smallest absolute Gasteiger partial charge is 0.435 e. The number of amides is 1. The molecule has 0 saturated carbocycles. The van der Waals surface area contributed by atoms with Crippen LogP contribution in [0.5, 0.6) is 0 Å². The van der Waals surface area contributed by atoms with Crippen LogP contribution in [-0.2, 0) is 20.1 Å². The monoisotopic (exact) mass is 550 g/mol. The number of sulfone groups is 1. The van der Waals surface area contributed by atoms with E-state index < -0.39 is 31.8 Å². The van der Waals surface area contributed by atoms with Gasteiger partial charge in [-0.15, -0.1) is 21.5 Å². The van der Waals surface area contributed by atoms with Crippen LogP contribution >= 0.6 is 22.9 Å². The molecule has 0 unspecified atom stereocenters. The highest BCUT2D eigenvalue weighted by atomic mass is 35.5. The fourth-order valence-corrected chi connectivity index (χ4v) is 7.08. The molecule has 1 aromatic carbocycles. The summed E-state index contributed by atoms with van der Waals surface area (Å²) >= 11 is 7.83. The topological polar surface area (TPSA) is 124 Å². The number of carbonyl (C=O) groups excluding carboxylic acids is 1. The van der Waals surface area contributed by atoms with E-state index in [0.717, 1.165) is 5.56 Å². The Morgan fingerprint density at radius 2 is 1.81 bits per heavy atom. The molecule has 3 heterocycles. The first-order chi connectivity index (χ1) is 16.6. The molecule has 12 heteroatoms. The minimum absolute atomic E-state index is 0.0133. The second-order valence-corrected chi connectivity index (χ2v) is 14.2. The highest BCUT2D eigenvalue weighted by Crippen LogP contribution is 2.44. The number of amidine groups is 1. The number of carbonyl (C=O) groups is 1. The number of hydrogen-bond donors (Lipinski definition) is 1. The van der Waals surface area contributed by atoms with Crippen molar-refractivity contribution in [3.8, 4) is 22.2 Å². The molecule has 1 fully saturated rings. The van der Waals surface area contributed by atoms with Crippen LogP contribution in [0.4, 0.5) is 4.79 Å². The van der Waals surface area contributed by atoms with Crippen LogP contribution < -0.4 is 5.32 Å². The second-order valence-electron chi connectivity index (χ2n) is 10.2. The Hall–Kier alpha value is -2.76. The zero-order valence-electron chi connectivity index (χ0n) is 20.7. The van der Waals surface area contributed by atoms with E-state index >= 15 is 0 Å². The maximum Gasteiger partial charge on any atom is 0.435 e. The molecule has 1 N–H and O–H groups in total. The van der Waals surface area contributed by atoms with Crippen molar-refractivity contribution in [1.29, 1.82) is 0 Å². The van der Waals surface area contributed by atoms with Crippen LogP contribution in [0.2, 0.25) is 5.02 Å². The minimum Gasteiger partial charge on any atom is -0.442 e. The first-order valence-electron chi connectivity index (χ1n) is 11.1. The maximum atomic E-state index is 13.4. The number of aliphatic imine (C=N–C) groups is 1. The van der Waals surface area contributed by atoms with Gasteiger partial charge in [-0.1, -0.05) is 29.8 Å². The highest BCUT2D eigenvalue weighted by Gasteiger charge is 2.52. The lowest BCUT2D eigenvalue weighted by Gasteiger charge is -2.43. The van der Waals surface area contributed by atoms with Gasteiger partial charge in [0.25, 0.3) is 5.89 Å². The number of nitrogens with zero attached hydrogens (tertiary/aromatic N) is 3. The molecule has 4 rings (SSSR count). The largest absolute Gasteiger partial charge is 0.442 e. The van der Waals surface area contributed by atoms with Gasteiger partial charge < -0.3 is 14.5 Å². The van der Waals surface area contributed by atoms with Crippen molar-refractivity contribution in [3.63, 3.8) is 0 Å². The molecule has 192 valence electrons. The SMILES string of the molecule is CC(C)(C)OC(=O)/N=C1\N[C@](C)(c2sc(-c3nnc(-c4ccccc4)o3)cc2Cl)CS(=O)(=O)C1(C)C. The molecule has 0 spiro atoms. The molecular weight excluding hydrogens is 524 g/mol. The Bertz CT molecular complexity index is 1440. The van der Waals surface area contributed by atoms with Crippen molar-refractivity contribution < 1.29 is 22.4 Å². The van der Waals surface area contributed by atoms with Crippen LogP contribution in [0.3, 0.4) is 0 Å². The third-order valence-corrected chi connectivity index (χ3v) is 10.2. The van der Waals surface area contributed by atoms with Gasteiger partial charge in [0.2, 0.25) is 5.89 Å². The maximum absolute atomic E-state index is 13.4. The van der Waals surface area contributed by atoms with Gasteiger partial charge in [-0.2, -0.15) is 4.99 Å². The number of ether oxygens (including phenoxy) is 1. The van der Waals surface area contributed by atoms with Gasteiger partial charge in [0.15, 0.2) is 9.84 Å².